The topological polar surface area (TPSA) is 93.4 Å². The highest BCUT2D eigenvalue weighted by Crippen LogP contribution is 2.22. The number of likely N-dealkylation sites (tertiary alicyclic amines) is 1. The molecule has 0 radical (unpaired) electrons. The summed E-state index contributed by atoms with van der Waals surface area (Å²) in [6.45, 7) is 3.09. The van der Waals surface area contributed by atoms with E-state index in [2.05, 4.69) is 20.4 Å². The van der Waals surface area contributed by atoms with Gasteiger partial charge >= 0.3 is 0 Å². The van der Waals surface area contributed by atoms with Crippen LogP contribution in [0.5, 0.6) is 5.88 Å². The summed E-state index contributed by atoms with van der Waals surface area (Å²) >= 11 is 0. The summed E-state index contributed by atoms with van der Waals surface area (Å²) in [7, 11) is 1.57. The lowest BCUT2D eigenvalue weighted by Gasteiger charge is -2.32. The van der Waals surface area contributed by atoms with Gasteiger partial charge in [-0.25, -0.2) is 9.97 Å². The van der Waals surface area contributed by atoms with Gasteiger partial charge in [0, 0.05) is 37.6 Å². The van der Waals surface area contributed by atoms with Crippen molar-refractivity contribution >= 4 is 11.7 Å². The van der Waals surface area contributed by atoms with Gasteiger partial charge in [-0.1, -0.05) is 5.16 Å². The molecule has 0 unspecified atom stereocenters. The van der Waals surface area contributed by atoms with Gasteiger partial charge in [-0.05, 0) is 19.8 Å². The summed E-state index contributed by atoms with van der Waals surface area (Å²) in [5.41, 5.74) is 0.365. The molecule has 0 bridgehead atoms. The molecule has 3 heterocycles. The lowest BCUT2D eigenvalue weighted by atomic mass is 10.0. The minimum Gasteiger partial charge on any atom is -0.478 e. The molecule has 0 atom stereocenters. The van der Waals surface area contributed by atoms with Crippen molar-refractivity contribution < 1.29 is 14.1 Å². The fourth-order valence-corrected chi connectivity index (χ4v) is 2.62. The number of amides is 1. The summed E-state index contributed by atoms with van der Waals surface area (Å²) < 4.78 is 10.2. The van der Waals surface area contributed by atoms with E-state index < -0.39 is 0 Å². The Hall–Kier alpha value is -2.64. The third kappa shape index (κ3) is 3.41. The van der Waals surface area contributed by atoms with E-state index in [1.54, 1.807) is 37.4 Å². The molecule has 122 valence electrons. The maximum atomic E-state index is 12.3. The van der Waals surface area contributed by atoms with Crippen LogP contribution in [0.1, 0.15) is 29.1 Å². The Morgan fingerprint density at radius 1 is 1.35 bits per heavy atom. The van der Waals surface area contributed by atoms with Gasteiger partial charge in [0.05, 0.1) is 7.11 Å². The van der Waals surface area contributed by atoms with Crippen molar-refractivity contribution in [3.8, 4) is 5.88 Å². The number of carbonyl (C=O) groups excluding carboxylic acids is 1. The average Bonchev–Trinajstić information content (AvgIpc) is 3.02. The quantitative estimate of drug-likeness (QED) is 0.913. The number of aromatic nitrogens is 3. The van der Waals surface area contributed by atoms with Gasteiger partial charge < -0.3 is 19.5 Å². The SMILES string of the molecule is COc1nccnc1NC1CCN(C(=O)c2cc(C)on2)CC1. The molecule has 1 N–H and O–H groups in total. The van der Waals surface area contributed by atoms with Crippen molar-refractivity contribution in [2.24, 2.45) is 0 Å². The highest BCUT2D eigenvalue weighted by Gasteiger charge is 2.26. The van der Waals surface area contributed by atoms with Crippen LogP contribution in [0.15, 0.2) is 23.0 Å². The van der Waals surface area contributed by atoms with Gasteiger partial charge in [0.25, 0.3) is 11.8 Å². The molecule has 23 heavy (non-hydrogen) atoms. The third-order valence-corrected chi connectivity index (χ3v) is 3.83. The molecule has 8 nitrogen and oxygen atoms in total. The van der Waals surface area contributed by atoms with Gasteiger partial charge in [-0.15, -0.1) is 0 Å². The molecule has 0 aliphatic carbocycles. The molecule has 0 spiro atoms. The van der Waals surface area contributed by atoms with E-state index in [9.17, 15) is 4.79 Å². The number of ether oxygens (including phenoxy) is 1. The van der Waals surface area contributed by atoms with Gasteiger partial charge in [0.15, 0.2) is 11.5 Å². The summed E-state index contributed by atoms with van der Waals surface area (Å²) in [5.74, 6) is 1.66. The second kappa shape index (κ2) is 6.64. The van der Waals surface area contributed by atoms with E-state index in [4.69, 9.17) is 9.26 Å². The monoisotopic (exact) mass is 317 g/mol. The molecule has 1 fully saturated rings. The van der Waals surface area contributed by atoms with Crippen molar-refractivity contribution in [3.05, 3.63) is 29.9 Å². The van der Waals surface area contributed by atoms with Crippen LogP contribution in [-0.2, 0) is 0 Å². The summed E-state index contributed by atoms with van der Waals surface area (Å²) in [4.78, 5) is 22.5. The van der Waals surface area contributed by atoms with E-state index >= 15 is 0 Å². The molecule has 1 aliphatic heterocycles. The van der Waals surface area contributed by atoms with Gasteiger partial charge in [-0.3, -0.25) is 4.79 Å². The number of nitrogens with zero attached hydrogens (tertiary/aromatic N) is 4. The molecular formula is C15H19N5O3. The Balaban J connectivity index is 1.57. The third-order valence-electron chi connectivity index (χ3n) is 3.83. The van der Waals surface area contributed by atoms with Crippen molar-refractivity contribution in [3.63, 3.8) is 0 Å². The lowest BCUT2D eigenvalue weighted by Crippen LogP contribution is -2.42. The molecule has 1 aliphatic rings. The fourth-order valence-electron chi connectivity index (χ4n) is 2.62. The normalized spacial score (nSPS) is 15.5. The van der Waals surface area contributed by atoms with Crippen LogP contribution in [0.25, 0.3) is 0 Å². The first-order valence-corrected chi connectivity index (χ1v) is 7.51. The molecule has 1 saturated heterocycles. The number of nitrogens with one attached hydrogen (secondary N) is 1. The van der Waals surface area contributed by atoms with E-state index in [1.807, 2.05) is 0 Å². The maximum absolute atomic E-state index is 12.3. The first-order valence-electron chi connectivity index (χ1n) is 7.51. The molecule has 3 rings (SSSR count). The second-order valence-electron chi connectivity index (χ2n) is 5.45. The lowest BCUT2D eigenvalue weighted by molar-refractivity contribution is 0.0708. The van der Waals surface area contributed by atoms with Crippen LogP contribution in [0.4, 0.5) is 5.82 Å². The Labute approximate surface area is 133 Å². The zero-order valence-corrected chi connectivity index (χ0v) is 13.2. The van der Waals surface area contributed by atoms with Crippen molar-refractivity contribution in [1.29, 1.82) is 0 Å². The second-order valence-corrected chi connectivity index (χ2v) is 5.45. The molecule has 0 aromatic carbocycles. The minimum atomic E-state index is -0.0858. The van der Waals surface area contributed by atoms with Crippen molar-refractivity contribution in [1.82, 2.24) is 20.0 Å². The summed E-state index contributed by atoms with van der Waals surface area (Å²) in [6.07, 6.45) is 4.85. The molecule has 0 saturated carbocycles. The molecule has 1 amide bonds. The zero-order chi connectivity index (χ0) is 16.2. The predicted octanol–water partition coefficient (Wildman–Crippen LogP) is 1.50. The largest absolute Gasteiger partial charge is 0.478 e. The number of hydrogen-bond acceptors (Lipinski definition) is 7. The van der Waals surface area contributed by atoms with Gasteiger partial charge in [0.2, 0.25) is 0 Å². The highest BCUT2D eigenvalue weighted by molar-refractivity contribution is 5.92. The van der Waals surface area contributed by atoms with Crippen LogP contribution in [0, 0.1) is 6.92 Å². The van der Waals surface area contributed by atoms with E-state index in [0.29, 0.717) is 36.2 Å². The van der Waals surface area contributed by atoms with Crippen LogP contribution in [-0.4, -0.2) is 52.2 Å². The van der Waals surface area contributed by atoms with Crippen molar-refractivity contribution in [2.75, 3.05) is 25.5 Å². The first kappa shape index (κ1) is 15.3. The van der Waals surface area contributed by atoms with Crippen LogP contribution >= 0.6 is 0 Å². The molecule has 8 heteroatoms. The number of anilines is 1. The predicted molar refractivity (Wildman–Crippen MR) is 82.4 cm³/mol. The Bertz CT molecular complexity index is 679. The van der Waals surface area contributed by atoms with Crippen LogP contribution in [0.2, 0.25) is 0 Å². The number of methoxy groups -OCH3 is 1. The number of aryl methyl sites for hydroxylation is 1. The van der Waals surface area contributed by atoms with Crippen LogP contribution < -0.4 is 10.1 Å². The standard InChI is InChI=1S/C15H19N5O3/c1-10-9-12(19-23-10)15(21)20-7-3-11(4-8-20)18-13-14(22-2)17-6-5-16-13/h5-6,9,11H,3-4,7-8H2,1-2H3,(H,16,18). The molecular weight excluding hydrogens is 298 g/mol. The Kier molecular flexibility index (Phi) is 4.40. The van der Waals surface area contributed by atoms with Gasteiger partial charge in [-0.2, -0.15) is 0 Å². The number of hydrogen-bond donors (Lipinski definition) is 1. The number of rotatable bonds is 4. The minimum absolute atomic E-state index is 0.0858. The average molecular weight is 317 g/mol. The zero-order valence-electron chi connectivity index (χ0n) is 13.2. The number of carbonyl (C=O) groups is 1. The van der Waals surface area contributed by atoms with Gasteiger partial charge in [0.1, 0.15) is 5.76 Å². The smallest absolute Gasteiger partial charge is 0.276 e. The number of piperidine rings is 1. The molecule has 2 aromatic heterocycles. The van der Waals surface area contributed by atoms with Crippen LogP contribution in [0.3, 0.4) is 0 Å². The highest BCUT2D eigenvalue weighted by atomic mass is 16.5. The Morgan fingerprint density at radius 2 is 2.09 bits per heavy atom. The van der Waals surface area contributed by atoms with Crippen molar-refractivity contribution in [2.45, 2.75) is 25.8 Å². The summed E-state index contributed by atoms with van der Waals surface area (Å²) in [5, 5.41) is 7.12. The fraction of sp³-hybridized carbons (Fsp3) is 0.467. The maximum Gasteiger partial charge on any atom is 0.276 e. The first-order chi connectivity index (χ1) is 11.2. The Morgan fingerprint density at radius 3 is 2.74 bits per heavy atom. The molecule has 2 aromatic rings. The van der Waals surface area contributed by atoms with E-state index in [0.717, 1.165) is 12.8 Å². The summed E-state index contributed by atoms with van der Waals surface area (Å²) in [6, 6.07) is 1.89. The van der Waals surface area contributed by atoms with E-state index in [1.165, 1.54) is 0 Å². The van der Waals surface area contributed by atoms with E-state index in [-0.39, 0.29) is 11.9 Å².